The molecule has 8 nitrogen and oxygen atoms in total. The number of hydrogen-bond donors (Lipinski definition) is 3. The lowest BCUT2D eigenvalue weighted by Crippen LogP contribution is -2.39. The molecule has 2 amide bonds. The normalized spacial score (nSPS) is 18.9. The summed E-state index contributed by atoms with van der Waals surface area (Å²) in [6, 6.07) is 3.61. The highest BCUT2D eigenvalue weighted by molar-refractivity contribution is 7.83. The molecule has 2 heterocycles. The molecule has 0 radical (unpaired) electrons. The van der Waals surface area contributed by atoms with Crippen LogP contribution in [0.25, 0.3) is 0 Å². The van der Waals surface area contributed by atoms with Gasteiger partial charge in [-0.15, -0.1) is 0 Å². The summed E-state index contributed by atoms with van der Waals surface area (Å²) in [6.45, 7) is 4.10. The molecule has 3 rings (SSSR count). The fraction of sp³-hybridized carbons (Fsp3) is 0.429. The topological polar surface area (TPSA) is 92.7 Å². The molecule has 1 aromatic heterocycles. The standard InChI is InChI=1S/C21H26F2N4O4S2/c1-4-31-21(29)27-8-13(11-32)16(9-27)25-33(30)17-10-26(3)19(18(17)23)20(28)24-14-5-6-15(22)12(2)7-14/h5-7,10,13,16,25,32H,4,8-9,11H2,1-3H3,(H,24,28)/t13-,16?,33?/m0/s1. The van der Waals surface area contributed by atoms with E-state index in [1.54, 1.807) is 13.8 Å². The van der Waals surface area contributed by atoms with Gasteiger partial charge in [0.2, 0.25) is 0 Å². The van der Waals surface area contributed by atoms with E-state index in [4.69, 9.17) is 4.74 Å². The number of ether oxygens (including phenoxy) is 1. The molecule has 2 aromatic rings. The Labute approximate surface area is 198 Å². The molecule has 0 aliphatic carbocycles. The fourth-order valence-corrected chi connectivity index (χ4v) is 5.18. The highest BCUT2D eigenvalue weighted by atomic mass is 32.2. The number of halogens is 2. The summed E-state index contributed by atoms with van der Waals surface area (Å²) in [5.74, 6) is -1.80. The third-order valence-corrected chi connectivity index (χ3v) is 7.05. The number of nitrogens with zero attached hydrogens (tertiary/aromatic N) is 2. The fourth-order valence-electron chi connectivity index (χ4n) is 3.63. The van der Waals surface area contributed by atoms with Crippen molar-refractivity contribution in [3.63, 3.8) is 0 Å². The Morgan fingerprint density at radius 1 is 1.30 bits per heavy atom. The molecule has 12 heteroatoms. The number of likely N-dealkylation sites (tertiary alicyclic amines) is 1. The van der Waals surface area contributed by atoms with Crippen LogP contribution in [-0.4, -0.2) is 57.2 Å². The van der Waals surface area contributed by atoms with Crippen LogP contribution in [0.3, 0.4) is 0 Å². The van der Waals surface area contributed by atoms with Crippen molar-refractivity contribution < 1.29 is 27.3 Å². The molecule has 1 aromatic carbocycles. The van der Waals surface area contributed by atoms with Gasteiger partial charge in [-0.05, 0) is 43.4 Å². The third-order valence-electron chi connectivity index (χ3n) is 5.38. The van der Waals surface area contributed by atoms with Crippen molar-refractivity contribution in [1.82, 2.24) is 14.2 Å². The number of anilines is 1. The monoisotopic (exact) mass is 500 g/mol. The molecular formula is C21H26F2N4O4S2. The van der Waals surface area contributed by atoms with Gasteiger partial charge in [0.15, 0.2) is 5.82 Å². The molecule has 180 valence electrons. The second-order valence-corrected chi connectivity index (χ2v) is 9.30. The van der Waals surface area contributed by atoms with E-state index < -0.39 is 40.7 Å². The second kappa shape index (κ2) is 10.7. The zero-order valence-corrected chi connectivity index (χ0v) is 20.1. The highest BCUT2D eigenvalue weighted by Crippen LogP contribution is 2.24. The Kier molecular flexibility index (Phi) is 8.14. The SMILES string of the molecule is CCOC(=O)N1CC(NS(=O)c2cn(C)c(C(=O)Nc3ccc(F)c(C)c3)c2F)[C@H](CS)C1. The first-order chi connectivity index (χ1) is 15.7. The first-order valence-corrected chi connectivity index (χ1v) is 12.1. The van der Waals surface area contributed by atoms with Gasteiger partial charge in [0.1, 0.15) is 27.4 Å². The number of rotatable bonds is 7. The Bertz CT molecular complexity index is 1080. The van der Waals surface area contributed by atoms with Gasteiger partial charge in [-0.1, -0.05) is 0 Å². The Morgan fingerprint density at radius 3 is 2.67 bits per heavy atom. The van der Waals surface area contributed by atoms with Crippen LogP contribution in [0.1, 0.15) is 23.0 Å². The quantitative estimate of drug-likeness (QED) is 0.510. The number of aryl methyl sites for hydroxylation is 2. The molecule has 1 aliphatic heterocycles. The van der Waals surface area contributed by atoms with Crippen molar-refractivity contribution in [3.05, 3.63) is 47.3 Å². The maximum Gasteiger partial charge on any atom is 0.409 e. The van der Waals surface area contributed by atoms with Gasteiger partial charge in [-0.3, -0.25) is 4.79 Å². The molecule has 0 saturated carbocycles. The van der Waals surface area contributed by atoms with Crippen LogP contribution in [0, 0.1) is 24.5 Å². The minimum absolute atomic E-state index is 0.113. The average Bonchev–Trinajstić information content (AvgIpc) is 3.30. The summed E-state index contributed by atoms with van der Waals surface area (Å²) >= 11 is 4.30. The van der Waals surface area contributed by atoms with Gasteiger partial charge in [0, 0.05) is 44.0 Å². The van der Waals surface area contributed by atoms with E-state index in [2.05, 4.69) is 22.7 Å². The molecule has 1 fully saturated rings. The van der Waals surface area contributed by atoms with Crippen molar-refractivity contribution >= 4 is 41.3 Å². The van der Waals surface area contributed by atoms with Crippen LogP contribution in [0.5, 0.6) is 0 Å². The summed E-state index contributed by atoms with van der Waals surface area (Å²) in [4.78, 5) is 26.0. The van der Waals surface area contributed by atoms with Crippen LogP contribution in [-0.2, 0) is 22.8 Å². The van der Waals surface area contributed by atoms with Gasteiger partial charge in [0.05, 0.1) is 6.61 Å². The maximum atomic E-state index is 15.1. The predicted molar refractivity (Wildman–Crippen MR) is 124 cm³/mol. The van der Waals surface area contributed by atoms with Crippen molar-refractivity contribution in [2.75, 3.05) is 30.8 Å². The minimum Gasteiger partial charge on any atom is -0.450 e. The van der Waals surface area contributed by atoms with Crippen LogP contribution in [0.4, 0.5) is 19.3 Å². The van der Waals surface area contributed by atoms with E-state index in [0.29, 0.717) is 23.5 Å². The van der Waals surface area contributed by atoms with Crippen LogP contribution >= 0.6 is 12.6 Å². The first kappa shape index (κ1) is 25.2. The summed E-state index contributed by atoms with van der Waals surface area (Å²) in [5.41, 5.74) is 0.327. The van der Waals surface area contributed by atoms with Crippen LogP contribution < -0.4 is 10.0 Å². The van der Waals surface area contributed by atoms with E-state index in [-0.39, 0.29) is 29.7 Å². The van der Waals surface area contributed by atoms with Gasteiger partial charge in [0.25, 0.3) is 5.91 Å². The lowest BCUT2D eigenvalue weighted by Gasteiger charge is -2.16. The van der Waals surface area contributed by atoms with Crippen molar-refractivity contribution in [3.8, 4) is 0 Å². The van der Waals surface area contributed by atoms with Crippen LogP contribution in [0.15, 0.2) is 29.3 Å². The molecule has 1 aliphatic rings. The molecule has 2 unspecified atom stereocenters. The van der Waals surface area contributed by atoms with E-state index in [9.17, 15) is 18.2 Å². The molecule has 0 spiro atoms. The highest BCUT2D eigenvalue weighted by Gasteiger charge is 2.37. The number of thiol groups is 1. The van der Waals surface area contributed by atoms with Crippen molar-refractivity contribution in [2.45, 2.75) is 24.8 Å². The van der Waals surface area contributed by atoms with E-state index in [1.165, 1.54) is 40.9 Å². The number of hydrogen-bond acceptors (Lipinski definition) is 5. The van der Waals surface area contributed by atoms with E-state index in [0.717, 1.165) is 0 Å². The molecular weight excluding hydrogens is 474 g/mol. The zero-order valence-electron chi connectivity index (χ0n) is 18.4. The maximum absolute atomic E-state index is 15.1. The second-order valence-electron chi connectivity index (χ2n) is 7.72. The van der Waals surface area contributed by atoms with Gasteiger partial charge < -0.3 is 19.5 Å². The van der Waals surface area contributed by atoms with E-state index >= 15 is 4.39 Å². The zero-order chi connectivity index (χ0) is 24.3. The number of nitrogens with one attached hydrogen (secondary N) is 2. The number of carbonyl (C=O) groups excluding carboxylic acids is 2. The smallest absolute Gasteiger partial charge is 0.409 e. The minimum atomic E-state index is -1.99. The summed E-state index contributed by atoms with van der Waals surface area (Å²) in [7, 11) is -0.525. The molecule has 33 heavy (non-hydrogen) atoms. The summed E-state index contributed by atoms with van der Waals surface area (Å²) < 4.78 is 50.6. The molecule has 2 N–H and O–H groups in total. The van der Waals surface area contributed by atoms with Gasteiger partial charge in [-0.2, -0.15) is 12.6 Å². The number of amides is 2. The number of benzene rings is 1. The number of aromatic nitrogens is 1. The van der Waals surface area contributed by atoms with Crippen LogP contribution in [0.2, 0.25) is 0 Å². The molecule has 1 saturated heterocycles. The Balaban J connectivity index is 1.74. The van der Waals surface area contributed by atoms with Crippen molar-refractivity contribution in [1.29, 1.82) is 0 Å². The lowest BCUT2D eigenvalue weighted by molar-refractivity contribution is 0.101. The lowest BCUT2D eigenvalue weighted by atomic mass is 10.1. The average molecular weight is 501 g/mol. The predicted octanol–water partition coefficient (Wildman–Crippen LogP) is 2.86. The van der Waals surface area contributed by atoms with Crippen molar-refractivity contribution in [2.24, 2.45) is 13.0 Å². The summed E-state index contributed by atoms with van der Waals surface area (Å²) in [5, 5.41) is 2.53. The van der Waals surface area contributed by atoms with Gasteiger partial charge in [-0.25, -0.2) is 22.5 Å². The third kappa shape index (κ3) is 5.56. The number of carbonyl (C=O) groups is 2. The molecule has 3 atom stereocenters. The Morgan fingerprint density at radius 2 is 2.03 bits per heavy atom. The molecule has 0 bridgehead atoms. The Hall–Kier alpha value is -2.44. The first-order valence-electron chi connectivity index (χ1n) is 10.3. The van der Waals surface area contributed by atoms with Gasteiger partial charge >= 0.3 is 6.09 Å². The summed E-state index contributed by atoms with van der Waals surface area (Å²) in [6.07, 6.45) is 0.803. The largest absolute Gasteiger partial charge is 0.450 e. The van der Waals surface area contributed by atoms with E-state index in [1.807, 2.05) is 0 Å².